The van der Waals surface area contributed by atoms with Crippen molar-refractivity contribution in [1.82, 2.24) is 10.0 Å². The van der Waals surface area contributed by atoms with Gasteiger partial charge in [-0.3, -0.25) is 4.84 Å². The average Bonchev–Trinajstić information content (AvgIpc) is 3.12. The van der Waals surface area contributed by atoms with Gasteiger partial charge < -0.3 is 0 Å². The van der Waals surface area contributed by atoms with Gasteiger partial charge in [0.1, 0.15) is 0 Å². The highest BCUT2D eigenvalue weighted by molar-refractivity contribution is 7.80. The second-order valence-electron chi connectivity index (χ2n) is 5.55. The van der Waals surface area contributed by atoms with Gasteiger partial charge in [0.2, 0.25) is 5.11 Å². The normalized spacial score (nSPS) is 13.1. The molecule has 25 heavy (non-hydrogen) atoms. The van der Waals surface area contributed by atoms with E-state index >= 15 is 0 Å². The van der Waals surface area contributed by atoms with Crippen LogP contribution in [0.25, 0.3) is 0 Å². The Bertz CT molecular complexity index is 843. The molecule has 0 aliphatic carbocycles. The Balaban J connectivity index is 2.02. The van der Waals surface area contributed by atoms with Crippen molar-refractivity contribution in [2.75, 3.05) is 13.7 Å². The molecule has 0 aliphatic rings. The molecule has 2 aromatic rings. The van der Waals surface area contributed by atoms with Crippen LogP contribution in [0.3, 0.4) is 0 Å². The number of nitrogens with zero attached hydrogens (tertiary/aromatic N) is 3. The second kappa shape index (κ2) is 9.14. The zero-order valence-corrected chi connectivity index (χ0v) is 16.6. The smallest absolute Gasteiger partial charge is 0.271 e. The number of thiazole rings is 1. The van der Waals surface area contributed by atoms with Crippen LogP contribution in [0.15, 0.2) is 40.2 Å². The molecular weight excluding hydrogens is 378 g/mol. The fraction of sp³-hybridized carbons (Fsp3) is 0.375. The molecule has 134 valence electrons. The Kier molecular flexibility index (Phi) is 7.18. The van der Waals surface area contributed by atoms with Gasteiger partial charge in [0.25, 0.3) is 0 Å². The maximum Gasteiger partial charge on any atom is 0.318 e. The largest absolute Gasteiger partial charge is 0.318 e. The molecular formula is C16H19N3O3S3. The van der Waals surface area contributed by atoms with E-state index in [1.165, 1.54) is 17.7 Å². The third-order valence-electron chi connectivity index (χ3n) is 3.74. The lowest BCUT2D eigenvalue weighted by Gasteiger charge is -2.20. The summed E-state index contributed by atoms with van der Waals surface area (Å²) in [6, 6.07) is 8.30. The maximum absolute atomic E-state index is 10.5. The van der Waals surface area contributed by atoms with Crippen LogP contribution >= 0.6 is 23.6 Å². The third-order valence-corrected chi connectivity index (χ3v) is 5.49. The minimum atomic E-state index is -2.58. The van der Waals surface area contributed by atoms with Gasteiger partial charge in [-0.05, 0) is 23.3 Å². The maximum atomic E-state index is 10.5. The zero-order valence-electron chi connectivity index (χ0n) is 14.1. The van der Waals surface area contributed by atoms with Crippen molar-refractivity contribution in [3.05, 3.63) is 52.0 Å². The summed E-state index contributed by atoms with van der Waals surface area (Å²) in [6.07, 6.45) is 1.82. The second-order valence-corrected chi connectivity index (χ2v) is 7.46. The van der Waals surface area contributed by atoms with Crippen LogP contribution in [0.4, 0.5) is 0 Å². The van der Waals surface area contributed by atoms with Crippen LogP contribution < -0.4 is 0 Å². The standard InChI is InChI=1S/C16H19N3O3S3/c1-11(10-22-19(3)16(23)18-25(20)21)13-5-4-6-14(9-13)12(2)15-17-7-8-24-15/h4-9,11-12H,10H2,1-3H3. The van der Waals surface area contributed by atoms with E-state index in [0.717, 1.165) is 10.6 Å². The van der Waals surface area contributed by atoms with Crippen LogP contribution in [-0.2, 0) is 15.3 Å². The quantitative estimate of drug-likeness (QED) is 0.548. The van der Waals surface area contributed by atoms with Crippen molar-refractivity contribution in [1.29, 1.82) is 0 Å². The number of aromatic nitrogens is 1. The van der Waals surface area contributed by atoms with Crippen LogP contribution in [0.2, 0.25) is 0 Å². The first-order valence-corrected chi connectivity index (χ1v) is 9.91. The first-order chi connectivity index (χ1) is 11.9. The Morgan fingerprint density at radius 2 is 2.12 bits per heavy atom. The fourth-order valence-electron chi connectivity index (χ4n) is 2.22. The monoisotopic (exact) mass is 397 g/mol. The number of hydroxylamine groups is 2. The summed E-state index contributed by atoms with van der Waals surface area (Å²) in [5.74, 6) is 0.334. The molecule has 1 aromatic carbocycles. The van der Waals surface area contributed by atoms with Gasteiger partial charge in [0.15, 0.2) is 0 Å². The Hall–Kier alpha value is -1.68. The minimum Gasteiger partial charge on any atom is -0.271 e. The zero-order chi connectivity index (χ0) is 18.4. The van der Waals surface area contributed by atoms with Crippen molar-refractivity contribution < 1.29 is 13.3 Å². The van der Waals surface area contributed by atoms with E-state index in [1.807, 2.05) is 30.6 Å². The molecule has 6 nitrogen and oxygen atoms in total. The van der Waals surface area contributed by atoms with Gasteiger partial charge in [-0.2, -0.15) is 8.42 Å². The summed E-state index contributed by atoms with van der Waals surface area (Å²) < 4.78 is 24.3. The number of thiocarbonyl (C=S) groups is 1. The average molecular weight is 398 g/mol. The SMILES string of the molecule is CC(CON(C)C(=S)N=S(=O)=O)c1cccc(C(C)c2nccs2)c1. The van der Waals surface area contributed by atoms with Crippen LogP contribution in [0, 0.1) is 0 Å². The van der Waals surface area contributed by atoms with Crippen LogP contribution in [0.1, 0.15) is 41.8 Å². The molecule has 2 rings (SSSR count). The van der Waals surface area contributed by atoms with E-state index in [0.29, 0.717) is 6.61 Å². The molecule has 0 amide bonds. The van der Waals surface area contributed by atoms with Crippen molar-refractivity contribution in [2.45, 2.75) is 25.7 Å². The van der Waals surface area contributed by atoms with Crippen LogP contribution in [0.5, 0.6) is 0 Å². The van der Waals surface area contributed by atoms with E-state index in [9.17, 15) is 8.42 Å². The summed E-state index contributed by atoms with van der Waals surface area (Å²) >= 11 is 6.50. The van der Waals surface area contributed by atoms with E-state index < -0.39 is 10.5 Å². The number of hydrogen-bond acceptors (Lipinski definition) is 6. The lowest BCUT2D eigenvalue weighted by molar-refractivity contribution is -0.0828. The van der Waals surface area contributed by atoms with Crippen molar-refractivity contribution in [3.8, 4) is 0 Å². The minimum absolute atomic E-state index is 0.103. The number of hydrogen-bond donors (Lipinski definition) is 0. The fourth-order valence-corrected chi connectivity index (χ4v) is 3.42. The topological polar surface area (TPSA) is 71.9 Å². The summed E-state index contributed by atoms with van der Waals surface area (Å²) in [6.45, 7) is 4.52. The molecule has 9 heteroatoms. The first kappa shape index (κ1) is 19.6. The number of benzene rings is 1. The van der Waals surface area contributed by atoms with Gasteiger partial charge >= 0.3 is 10.5 Å². The lowest BCUT2D eigenvalue weighted by atomic mass is 9.95. The van der Waals surface area contributed by atoms with E-state index in [1.54, 1.807) is 11.3 Å². The molecule has 1 aromatic heterocycles. The lowest BCUT2D eigenvalue weighted by Crippen LogP contribution is -2.25. The molecule has 0 bridgehead atoms. The van der Waals surface area contributed by atoms with Gasteiger partial charge in [0, 0.05) is 30.5 Å². The summed E-state index contributed by atoms with van der Waals surface area (Å²) in [7, 11) is -1.05. The first-order valence-electron chi connectivity index (χ1n) is 7.59. The highest BCUT2D eigenvalue weighted by Crippen LogP contribution is 2.28. The van der Waals surface area contributed by atoms with Gasteiger partial charge in [-0.15, -0.1) is 15.7 Å². The van der Waals surface area contributed by atoms with E-state index in [-0.39, 0.29) is 16.9 Å². The molecule has 2 unspecified atom stereocenters. The van der Waals surface area contributed by atoms with Gasteiger partial charge in [-0.25, -0.2) is 10.0 Å². The molecule has 0 radical (unpaired) electrons. The molecule has 0 saturated heterocycles. The molecule has 0 saturated carbocycles. The van der Waals surface area contributed by atoms with E-state index in [4.69, 9.17) is 17.1 Å². The van der Waals surface area contributed by atoms with Crippen molar-refractivity contribution in [2.24, 2.45) is 4.36 Å². The number of rotatable bonds is 6. The molecule has 0 N–H and O–H groups in total. The third kappa shape index (κ3) is 5.67. The molecule has 0 aliphatic heterocycles. The molecule has 1 heterocycles. The van der Waals surface area contributed by atoms with Gasteiger partial charge in [0.05, 0.1) is 11.6 Å². The predicted octanol–water partition coefficient (Wildman–Crippen LogP) is 3.61. The molecule has 2 atom stereocenters. The Morgan fingerprint density at radius 1 is 1.40 bits per heavy atom. The Morgan fingerprint density at radius 3 is 2.76 bits per heavy atom. The van der Waals surface area contributed by atoms with Crippen LogP contribution in [-0.4, -0.2) is 37.2 Å². The Labute approximate surface area is 158 Å². The predicted molar refractivity (Wildman–Crippen MR) is 102 cm³/mol. The molecule has 0 fully saturated rings. The molecule has 0 spiro atoms. The highest BCUT2D eigenvalue weighted by Gasteiger charge is 2.14. The van der Waals surface area contributed by atoms with Crippen molar-refractivity contribution in [3.63, 3.8) is 0 Å². The summed E-state index contributed by atoms with van der Waals surface area (Å²) in [4.78, 5) is 9.89. The van der Waals surface area contributed by atoms with Crippen molar-refractivity contribution >= 4 is 39.2 Å². The highest BCUT2D eigenvalue weighted by atomic mass is 32.2. The van der Waals surface area contributed by atoms with Gasteiger partial charge in [-0.1, -0.05) is 38.1 Å². The summed E-state index contributed by atoms with van der Waals surface area (Å²) in [5.41, 5.74) is 2.32. The summed E-state index contributed by atoms with van der Waals surface area (Å²) in [5, 5.41) is 4.11. The van der Waals surface area contributed by atoms with E-state index in [2.05, 4.69) is 28.4 Å².